The van der Waals surface area contributed by atoms with Gasteiger partial charge in [-0.05, 0) is 37.9 Å². The first-order valence-corrected chi connectivity index (χ1v) is 8.39. The zero-order valence-electron chi connectivity index (χ0n) is 11.8. The number of piperidine rings is 1. The summed E-state index contributed by atoms with van der Waals surface area (Å²) in [5, 5.41) is 3.14. The van der Waals surface area contributed by atoms with E-state index in [-0.39, 0.29) is 18.2 Å². The van der Waals surface area contributed by atoms with Crippen molar-refractivity contribution in [3.05, 3.63) is 35.9 Å². The molecule has 0 bridgehead atoms. The Morgan fingerprint density at radius 1 is 1.30 bits per heavy atom. The van der Waals surface area contributed by atoms with Crippen molar-refractivity contribution in [2.75, 3.05) is 26.7 Å². The Morgan fingerprint density at radius 3 is 2.65 bits per heavy atom. The second-order valence-corrected chi connectivity index (χ2v) is 7.13. The summed E-state index contributed by atoms with van der Waals surface area (Å²) in [6.07, 6.45) is 2.07. The molecule has 1 aromatic carbocycles. The van der Waals surface area contributed by atoms with Crippen LogP contribution < -0.4 is 5.32 Å². The third-order valence-electron chi connectivity index (χ3n) is 3.56. The van der Waals surface area contributed by atoms with Gasteiger partial charge in [-0.15, -0.1) is 12.4 Å². The van der Waals surface area contributed by atoms with Crippen molar-refractivity contribution in [3.8, 4) is 0 Å². The Hall–Kier alpha value is -0.620. The van der Waals surface area contributed by atoms with Gasteiger partial charge in [-0.2, -0.15) is 0 Å². The molecule has 1 aliphatic rings. The summed E-state index contributed by atoms with van der Waals surface area (Å²) in [4.78, 5) is 0. The van der Waals surface area contributed by atoms with Gasteiger partial charge in [0.2, 0.25) is 10.0 Å². The lowest BCUT2D eigenvalue weighted by molar-refractivity contribution is 0.263. The van der Waals surface area contributed by atoms with Crippen LogP contribution in [-0.4, -0.2) is 39.4 Å². The maximum atomic E-state index is 12.4. The molecular weight excluding hydrogens is 296 g/mol. The maximum Gasteiger partial charge on any atom is 0.218 e. The Bertz CT molecular complexity index is 491. The van der Waals surface area contributed by atoms with E-state index in [4.69, 9.17) is 0 Å². The van der Waals surface area contributed by atoms with Gasteiger partial charge < -0.3 is 5.32 Å². The van der Waals surface area contributed by atoms with E-state index in [9.17, 15) is 8.42 Å². The molecule has 2 rings (SSSR count). The van der Waals surface area contributed by atoms with Crippen LogP contribution in [0, 0.1) is 5.92 Å². The van der Waals surface area contributed by atoms with E-state index in [1.54, 1.807) is 4.31 Å². The molecule has 20 heavy (non-hydrogen) atoms. The van der Waals surface area contributed by atoms with Crippen LogP contribution in [0.2, 0.25) is 0 Å². The normalized spacial score (nSPS) is 20.4. The van der Waals surface area contributed by atoms with Gasteiger partial charge in [0.05, 0.1) is 5.75 Å². The van der Waals surface area contributed by atoms with Crippen molar-refractivity contribution in [2.45, 2.75) is 18.6 Å². The lowest BCUT2D eigenvalue weighted by atomic mass is 10.00. The topological polar surface area (TPSA) is 49.4 Å². The molecule has 114 valence electrons. The van der Waals surface area contributed by atoms with Crippen molar-refractivity contribution in [2.24, 2.45) is 5.92 Å². The fraction of sp³-hybridized carbons (Fsp3) is 0.571. The van der Waals surface area contributed by atoms with Gasteiger partial charge in [0, 0.05) is 13.1 Å². The zero-order valence-corrected chi connectivity index (χ0v) is 13.4. The first-order valence-electron chi connectivity index (χ1n) is 6.78. The number of nitrogens with zero attached hydrogens (tertiary/aromatic N) is 1. The first kappa shape index (κ1) is 17.4. The van der Waals surface area contributed by atoms with E-state index in [1.807, 2.05) is 37.4 Å². The predicted octanol–water partition coefficient (Wildman–Crippen LogP) is 1.87. The number of hydrogen-bond donors (Lipinski definition) is 1. The van der Waals surface area contributed by atoms with Gasteiger partial charge in [0.15, 0.2) is 0 Å². The van der Waals surface area contributed by atoms with Gasteiger partial charge >= 0.3 is 0 Å². The first-order chi connectivity index (χ1) is 9.12. The maximum absolute atomic E-state index is 12.4. The summed E-state index contributed by atoms with van der Waals surface area (Å²) in [5.74, 6) is 0.546. The molecule has 6 heteroatoms. The van der Waals surface area contributed by atoms with Crippen molar-refractivity contribution in [3.63, 3.8) is 0 Å². The minimum atomic E-state index is -3.18. The van der Waals surface area contributed by atoms with Crippen molar-refractivity contribution in [1.29, 1.82) is 0 Å². The Balaban J connectivity index is 0.00000200. The molecule has 1 aromatic rings. The zero-order chi connectivity index (χ0) is 13.7. The van der Waals surface area contributed by atoms with Gasteiger partial charge in [0.1, 0.15) is 0 Å². The van der Waals surface area contributed by atoms with Gasteiger partial charge in [-0.3, -0.25) is 0 Å². The van der Waals surface area contributed by atoms with Crippen LogP contribution in [0.1, 0.15) is 18.4 Å². The summed E-state index contributed by atoms with van der Waals surface area (Å²) >= 11 is 0. The van der Waals surface area contributed by atoms with Crippen LogP contribution >= 0.6 is 12.4 Å². The fourth-order valence-electron chi connectivity index (χ4n) is 2.61. The molecule has 1 saturated heterocycles. The van der Waals surface area contributed by atoms with E-state index in [0.29, 0.717) is 19.0 Å². The average molecular weight is 319 g/mol. The lowest BCUT2D eigenvalue weighted by Gasteiger charge is -2.31. The minimum Gasteiger partial charge on any atom is -0.319 e. The molecule has 1 heterocycles. The second kappa shape index (κ2) is 7.98. The average Bonchev–Trinajstić information content (AvgIpc) is 2.40. The molecular formula is C14H23ClN2O2S. The number of sulfonamides is 1. The molecule has 1 aliphatic heterocycles. The summed E-state index contributed by atoms with van der Waals surface area (Å²) in [5.41, 5.74) is 0.859. The lowest BCUT2D eigenvalue weighted by Crippen LogP contribution is -2.42. The van der Waals surface area contributed by atoms with Crippen molar-refractivity contribution in [1.82, 2.24) is 9.62 Å². The summed E-state index contributed by atoms with van der Waals surface area (Å²) < 4.78 is 26.5. The van der Waals surface area contributed by atoms with Crippen molar-refractivity contribution < 1.29 is 8.42 Å². The third-order valence-corrected chi connectivity index (χ3v) is 5.38. The molecule has 1 unspecified atom stereocenters. The summed E-state index contributed by atoms with van der Waals surface area (Å²) in [6, 6.07) is 9.40. The number of nitrogens with one attached hydrogen (secondary N) is 1. The molecule has 4 nitrogen and oxygen atoms in total. The Morgan fingerprint density at radius 2 is 2.00 bits per heavy atom. The molecule has 0 aromatic heterocycles. The Labute approximate surface area is 128 Å². The van der Waals surface area contributed by atoms with Gasteiger partial charge in [0.25, 0.3) is 0 Å². The number of benzene rings is 1. The van der Waals surface area contributed by atoms with Gasteiger partial charge in [-0.25, -0.2) is 12.7 Å². The number of hydrogen-bond acceptors (Lipinski definition) is 3. The Kier molecular flexibility index (Phi) is 6.95. The van der Waals surface area contributed by atoms with Crippen LogP contribution in [0.15, 0.2) is 30.3 Å². The highest BCUT2D eigenvalue weighted by Gasteiger charge is 2.28. The monoisotopic (exact) mass is 318 g/mol. The van der Waals surface area contributed by atoms with E-state index in [1.165, 1.54) is 0 Å². The molecule has 0 radical (unpaired) electrons. The quantitative estimate of drug-likeness (QED) is 0.901. The third kappa shape index (κ3) is 4.74. The largest absolute Gasteiger partial charge is 0.319 e. The van der Waals surface area contributed by atoms with Crippen LogP contribution in [0.25, 0.3) is 0 Å². The van der Waals surface area contributed by atoms with Crippen LogP contribution in [0.4, 0.5) is 0 Å². The number of rotatable bonds is 5. The highest BCUT2D eigenvalue weighted by atomic mass is 35.5. The summed E-state index contributed by atoms with van der Waals surface area (Å²) in [7, 11) is -1.27. The molecule has 0 amide bonds. The molecule has 1 atom stereocenters. The SMILES string of the molecule is CNCC1CCCN(S(=O)(=O)Cc2ccccc2)C1.Cl. The molecule has 1 fully saturated rings. The standard InChI is InChI=1S/C14H22N2O2S.ClH/c1-15-10-14-8-5-9-16(11-14)19(17,18)12-13-6-3-2-4-7-13;/h2-4,6-7,14-15H,5,8-12H2,1H3;1H. The van der Waals surface area contributed by atoms with E-state index >= 15 is 0 Å². The predicted molar refractivity (Wildman–Crippen MR) is 84.5 cm³/mol. The molecule has 0 spiro atoms. The van der Waals surface area contributed by atoms with Crippen LogP contribution in [0.5, 0.6) is 0 Å². The molecule has 1 N–H and O–H groups in total. The van der Waals surface area contributed by atoms with Crippen molar-refractivity contribution >= 4 is 22.4 Å². The number of halogens is 1. The molecule has 0 saturated carbocycles. The van der Waals surface area contributed by atoms with Gasteiger partial charge in [-0.1, -0.05) is 30.3 Å². The minimum absolute atomic E-state index is 0. The molecule has 0 aliphatic carbocycles. The van der Waals surface area contributed by atoms with E-state index < -0.39 is 10.0 Å². The second-order valence-electron chi connectivity index (χ2n) is 5.17. The highest BCUT2D eigenvalue weighted by Crippen LogP contribution is 2.20. The highest BCUT2D eigenvalue weighted by molar-refractivity contribution is 7.88. The van der Waals surface area contributed by atoms with Crippen LogP contribution in [0.3, 0.4) is 0 Å². The fourth-order valence-corrected chi connectivity index (χ4v) is 4.25. The summed E-state index contributed by atoms with van der Waals surface area (Å²) in [6.45, 7) is 2.20. The van der Waals surface area contributed by atoms with Crippen LogP contribution in [-0.2, 0) is 15.8 Å². The van der Waals surface area contributed by atoms with E-state index in [0.717, 1.165) is 24.9 Å². The van der Waals surface area contributed by atoms with E-state index in [2.05, 4.69) is 5.32 Å². The smallest absolute Gasteiger partial charge is 0.218 e.